The second-order valence-electron chi connectivity index (χ2n) is 5.94. The molecular formula is C21H16ClNO4S. The van der Waals surface area contributed by atoms with Crippen LogP contribution in [0.2, 0.25) is 5.02 Å². The molecule has 0 heterocycles. The smallest absolute Gasteiger partial charge is 0.338 e. The molecule has 0 fully saturated rings. The van der Waals surface area contributed by atoms with Crippen LogP contribution >= 0.6 is 23.4 Å². The topological polar surface area (TPSA) is 69.4 Å². The lowest BCUT2D eigenvalue weighted by Gasteiger charge is -2.06. The molecule has 142 valence electrons. The molecule has 3 rings (SSSR count). The summed E-state index contributed by atoms with van der Waals surface area (Å²) in [6.45, 7) is -0.0192. The van der Waals surface area contributed by atoms with Crippen LogP contribution in [0.25, 0.3) is 0 Å². The summed E-state index contributed by atoms with van der Waals surface area (Å²) in [6.07, 6.45) is 0. The average molecular weight is 414 g/mol. The number of rotatable bonds is 7. The molecule has 0 unspecified atom stereocenters. The number of esters is 1. The highest BCUT2D eigenvalue weighted by atomic mass is 35.5. The Morgan fingerprint density at radius 3 is 2.39 bits per heavy atom. The molecular weight excluding hydrogens is 398 g/mol. The van der Waals surface area contributed by atoms with Gasteiger partial charge >= 0.3 is 5.97 Å². The molecule has 0 aliphatic heterocycles. The summed E-state index contributed by atoms with van der Waals surface area (Å²) < 4.78 is 5.25. The lowest BCUT2D eigenvalue weighted by Crippen LogP contribution is -2.05. The normalized spacial score (nSPS) is 10.5. The molecule has 0 saturated heterocycles. The summed E-state index contributed by atoms with van der Waals surface area (Å²) in [7, 11) is 0. The number of thioether (sulfide) groups is 1. The molecule has 28 heavy (non-hydrogen) atoms. The van der Waals surface area contributed by atoms with Crippen molar-refractivity contribution in [3.8, 4) is 0 Å². The van der Waals surface area contributed by atoms with Crippen molar-refractivity contribution >= 4 is 35.0 Å². The maximum atomic E-state index is 12.2. The van der Waals surface area contributed by atoms with Gasteiger partial charge in [0, 0.05) is 27.8 Å². The summed E-state index contributed by atoms with van der Waals surface area (Å²) in [5.74, 6) is 0.299. The van der Waals surface area contributed by atoms with Crippen LogP contribution in [0.1, 0.15) is 21.5 Å². The molecule has 5 nitrogen and oxygen atoms in total. The third-order valence-electron chi connectivity index (χ3n) is 3.90. The molecule has 0 radical (unpaired) electrons. The van der Waals surface area contributed by atoms with E-state index in [1.54, 1.807) is 36.0 Å². The highest BCUT2D eigenvalue weighted by Gasteiger charge is 2.10. The number of nitro groups is 1. The minimum Gasteiger partial charge on any atom is -0.457 e. The first-order valence-corrected chi connectivity index (χ1v) is 9.75. The quantitative estimate of drug-likeness (QED) is 0.209. The zero-order chi connectivity index (χ0) is 19.9. The van der Waals surface area contributed by atoms with Crippen molar-refractivity contribution in [2.75, 3.05) is 0 Å². The third kappa shape index (κ3) is 5.58. The van der Waals surface area contributed by atoms with Crippen molar-refractivity contribution in [1.82, 2.24) is 0 Å². The fourth-order valence-electron chi connectivity index (χ4n) is 2.43. The molecule has 0 atom stereocenters. The molecule has 0 saturated carbocycles. The number of carbonyl (C=O) groups excluding carboxylic acids is 1. The van der Waals surface area contributed by atoms with E-state index in [4.69, 9.17) is 16.3 Å². The second-order valence-corrected chi connectivity index (χ2v) is 7.43. The Morgan fingerprint density at radius 1 is 1.00 bits per heavy atom. The van der Waals surface area contributed by atoms with Crippen molar-refractivity contribution in [3.05, 3.63) is 105 Å². The number of nitro benzene ring substituents is 1. The Balaban J connectivity index is 1.54. The Labute approximate surface area is 171 Å². The van der Waals surface area contributed by atoms with Crippen molar-refractivity contribution in [2.24, 2.45) is 0 Å². The molecule has 7 heteroatoms. The van der Waals surface area contributed by atoms with Gasteiger partial charge in [-0.05, 0) is 47.5 Å². The first kappa shape index (κ1) is 19.9. The fourth-order valence-corrected chi connectivity index (χ4v) is 3.41. The van der Waals surface area contributed by atoms with E-state index in [9.17, 15) is 14.9 Å². The Hall–Kier alpha value is -2.83. The molecule has 0 aromatic heterocycles. The maximum absolute atomic E-state index is 12.2. The van der Waals surface area contributed by atoms with E-state index in [2.05, 4.69) is 0 Å². The van der Waals surface area contributed by atoms with Gasteiger partial charge in [-0.3, -0.25) is 10.1 Å². The van der Waals surface area contributed by atoms with E-state index in [1.807, 2.05) is 36.4 Å². The molecule has 0 aliphatic carbocycles. The zero-order valence-electron chi connectivity index (χ0n) is 14.7. The van der Waals surface area contributed by atoms with Crippen LogP contribution in [0.15, 0.2) is 77.7 Å². The number of nitrogens with zero attached hydrogens (tertiary/aromatic N) is 1. The van der Waals surface area contributed by atoms with Crippen molar-refractivity contribution in [2.45, 2.75) is 17.3 Å². The molecule has 0 spiro atoms. The van der Waals surface area contributed by atoms with Gasteiger partial charge in [0.25, 0.3) is 5.69 Å². The number of ether oxygens (including phenoxy) is 1. The largest absolute Gasteiger partial charge is 0.457 e. The molecule has 0 amide bonds. The van der Waals surface area contributed by atoms with Crippen LogP contribution in [0.4, 0.5) is 5.69 Å². The number of carbonyl (C=O) groups is 1. The monoisotopic (exact) mass is 413 g/mol. The van der Waals surface area contributed by atoms with Gasteiger partial charge in [0.1, 0.15) is 6.61 Å². The number of halogens is 1. The Kier molecular flexibility index (Phi) is 6.68. The van der Waals surface area contributed by atoms with E-state index in [0.717, 1.165) is 16.2 Å². The lowest BCUT2D eigenvalue weighted by atomic mass is 10.1. The van der Waals surface area contributed by atoms with E-state index in [0.29, 0.717) is 16.1 Å². The average Bonchev–Trinajstić information content (AvgIpc) is 2.72. The predicted molar refractivity (Wildman–Crippen MR) is 110 cm³/mol. The third-order valence-corrected chi connectivity index (χ3v) is 5.24. The minimum atomic E-state index is -0.480. The van der Waals surface area contributed by atoms with Gasteiger partial charge in [-0.25, -0.2) is 4.79 Å². The maximum Gasteiger partial charge on any atom is 0.338 e. The SMILES string of the molecule is O=C(OCc1cccc([N+](=O)[O-])c1)c1ccc(CSc2ccc(Cl)cc2)cc1. The Bertz CT molecular complexity index is 974. The predicted octanol–water partition coefficient (Wildman–Crippen LogP) is 5.90. The van der Waals surface area contributed by atoms with Crippen LogP contribution in [0.3, 0.4) is 0 Å². The van der Waals surface area contributed by atoms with Crippen molar-refractivity contribution in [3.63, 3.8) is 0 Å². The molecule has 0 aliphatic rings. The van der Waals surface area contributed by atoms with Gasteiger partial charge < -0.3 is 4.74 Å². The summed E-state index contributed by atoms with van der Waals surface area (Å²) in [5.41, 5.74) is 2.05. The van der Waals surface area contributed by atoms with E-state index in [-0.39, 0.29) is 12.3 Å². The summed E-state index contributed by atoms with van der Waals surface area (Å²) in [4.78, 5) is 23.6. The van der Waals surface area contributed by atoms with Gasteiger partial charge in [0.2, 0.25) is 0 Å². The van der Waals surface area contributed by atoms with Crippen LogP contribution < -0.4 is 0 Å². The Morgan fingerprint density at radius 2 is 1.71 bits per heavy atom. The molecule has 3 aromatic rings. The molecule has 0 N–H and O–H groups in total. The van der Waals surface area contributed by atoms with Gasteiger partial charge in [-0.2, -0.15) is 0 Å². The summed E-state index contributed by atoms with van der Waals surface area (Å²) in [6, 6.07) is 20.9. The highest BCUT2D eigenvalue weighted by Crippen LogP contribution is 2.24. The van der Waals surface area contributed by atoms with Gasteiger partial charge in [-0.1, -0.05) is 35.9 Å². The van der Waals surface area contributed by atoms with Crippen LogP contribution in [-0.2, 0) is 17.1 Å². The molecule has 0 bridgehead atoms. The van der Waals surface area contributed by atoms with Crippen molar-refractivity contribution in [1.29, 1.82) is 0 Å². The van der Waals surface area contributed by atoms with E-state index >= 15 is 0 Å². The summed E-state index contributed by atoms with van der Waals surface area (Å²) >= 11 is 7.56. The van der Waals surface area contributed by atoms with Gasteiger partial charge in [0.05, 0.1) is 10.5 Å². The molecule has 3 aromatic carbocycles. The number of hydrogen-bond donors (Lipinski definition) is 0. The first-order valence-electron chi connectivity index (χ1n) is 8.39. The second kappa shape index (κ2) is 9.39. The van der Waals surface area contributed by atoms with Gasteiger partial charge in [-0.15, -0.1) is 11.8 Å². The van der Waals surface area contributed by atoms with Gasteiger partial charge in [0.15, 0.2) is 0 Å². The zero-order valence-corrected chi connectivity index (χ0v) is 16.3. The van der Waals surface area contributed by atoms with E-state index < -0.39 is 10.9 Å². The van der Waals surface area contributed by atoms with E-state index in [1.165, 1.54) is 12.1 Å². The highest BCUT2D eigenvalue weighted by molar-refractivity contribution is 7.98. The van der Waals surface area contributed by atoms with Crippen LogP contribution in [0.5, 0.6) is 0 Å². The first-order chi connectivity index (χ1) is 13.5. The van der Waals surface area contributed by atoms with Crippen LogP contribution in [-0.4, -0.2) is 10.9 Å². The van der Waals surface area contributed by atoms with Crippen LogP contribution in [0, 0.1) is 10.1 Å². The number of non-ortho nitro benzene ring substituents is 1. The minimum absolute atomic E-state index is 0.0192. The fraction of sp³-hybridized carbons (Fsp3) is 0.0952. The van der Waals surface area contributed by atoms with Crippen molar-refractivity contribution < 1.29 is 14.5 Å². The number of benzene rings is 3. The lowest BCUT2D eigenvalue weighted by molar-refractivity contribution is -0.384. The summed E-state index contributed by atoms with van der Waals surface area (Å²) in [5, 5.41) is 11.5. The number of hydrogen-bond acceptors (Lipinski definition) is 5. The standard InChI is InChI=1S/C21H16ClNO4S/c22-18-8-10-20(11-9-18)28-14-15-4-6-17(7-5-15)21(24)27-13-16-2-1-3-19(12-16)23(25)26/h1-12H,13-14H2.